The Balaban J connectivity index is 2.08. The first-order chi connectivity index (χ1) is 8.61. The van der Waals surface area contributed by atoms with E-state index in [1.807, 2.05) is 17.9 Å². The molecule has 0 bridgehead atoms. The van der Waals surface area contributed by atoms with Crippen molar-refractivity contribution in [3.63, 3.8) is 0 Å². The third-order valence-electron chi connectivity index (χ3n) is 3.47. The van der Waals surface area contributed by atoms with E-state index in [0.29, 0.717) is 17.4 Å². The molecule has 1 aromatic carbocycles. The summed E-state index contributed by atoms with van der Waals surface area (Å²) in [4.78, 5) is 14.1. The van der Waals surface area contributed by atoms with Crippen molar-refractivity contribution in [2.24, 2.45) is 5.92 Å². The van der Waals surface area contributed by atoms with Crippen molar-refractivity contribution in [2.45, 2.75) is 19.8 Å². The third-order valence-corrected chi connectivity index (χ3v) is 3.69. The number of halogens is 1. The Morgan fingerprint density at radius 3 is 3.00 bits per heavy atom. The van der Waals surface area contributed by atoms with Gasteiger partial charge in [-0.1, -0.05) is 6.07 Å². The largest absolute Gasteiger partial charge is 0.507 e. The summed E-state index contributed by atoms with van der Waals surface area (Å²) < 4.78 is 0. The molecule has 1 unspecified atom stereocenters. The van der Waals surface area contributed by atoms with Crippen LogP contribution in [0.25, 0.3) is 0 Å². The van der Waals surface area contributed by atoms with Crippen molar-refractivity contribution in [2.75, 3.05) is 19.0 Å². The Kier molecular flexibility index (Phi) is 4.12. The molecule has 1 aliphatic rings. The van der Waals surface area contributed by atoms with E-state index < -0.39 is 0 Å². The van der Waals surface area contributed by atoms with Crippen molar-refractivity contribution in [1.29, 1.82) is 0 Å². The average Bonchev–Trinajstić information content (AvgIpc) is 2.77. The summed E-state index contributed by atoms with van der Waals surface area (Å²) in [5.74, 6) is 1.13. The molecule has 3 nitrogen and oxygen atoms in total. The van der Waals surface area contributed by atoms with Gasteiger partial charge in [0.05, 0.1) is 5.56 Å². The maximum atomic E-state index is 12.3. The molecule has 1 aliphatic heterocycles. The van der Waals surface area contributed by atoms with Crippen LogP contribution in [0.2, 0.25) is 0 Å². The first-order valence-corrected chi connectivity index (χ1v) is 6.80. The summed E-state index contributed by atoms with van der Waals surface area (Å²) in [5, 5.41) is 9.82. The Hall–Kier alpha value is -1.22. The van der Waals surface area contributed by atoms with E-state index in [1.54, 1.807) is 12.1 Å². The molecule has 1 atom stereocenters. The highest BCUT2D eigenvalue weighted by Gasteiger charge is 2.27. The SMILES string of the molecule is Cc1ccc(C(=O)N2CCC(CCCl)C2)c(O)c1. The van der Waals surface area contributed by atoms with Gasteiger partial charge in [0.15, 0.2) is 0 Å². The molecule has 1 heterocycles. The van der Waals surface area contributed by atoms with Crippen LogP contribution in [0.5, 0.6) is 5.75 Å². The number of benzene rings is 1. The van der Waals surface area contributed by atoms with Crippen LogP contribution in [-0.2, 0) is 0 Å². The lowest BCUT2D eigenvalue weighted by Crippen LogP contribution is -2.28. The van der Waals surface area contributed by atoms with Crippen LogP contribution in [0, 0.1) is 12.8 Å². The second-order valence-corrected chi connectivity index (χ2v) is 5.28. The molecule has 4 heteroatoms. The van der Waals surface area contributed by atoms with Crippen LogP contribution >= 0.6 is 11.6 Å². The van der Waals surface area contributed by atoms with Gasteiger partial charge >= 0.3 is 0 Å². The molecule has 1 N–H and O–H groups in total. The topological polar surface area (TPSA) is 40.5 Å². The van der Waals surface area contributed by atoms with E-state index in [1.165, 1.54) is 0 Å². The highest BCUT2D eigenvalue weighted by molar-refractivity contribution is 6.17. The van der Waals surface area contributed by atoms with Gasteiger partial charge in [0, 0.05) is 19.0 Å². The van der Waals surface area contributed by atoms with Gasteiger partial charge in [-0.2, -0.15) is 0 Å². The number of phenolic OH excluding ortho intramolecular Hbond substituents is 1. The molecule has 2 rings (SSSR count). The summed E-state index contributed by atoms with van der Waals surface area (Å²) >= 11 is 5.73. The zero-order valence-electron chi connectivity index (χ0n) is 10.5. The number of carbonyl (C=O) groups is 1. The minimum atomic E-state index is -0.0791. The van der Waals surface area contributed by atoms with Crippen molar-refractivity contribution < 1.29 is 9.90 Å². The highest BCUT2D eigenvalue weighted by Crippen LogP contribution is 2.25. The van der Waals surface area contributed by atoms with Crippen LogP contribution in [-0.4, -0.2) is 34.9 Å². The molecule has 1 amide bonds. The number of hydrogen-bond acceptors (Lipinski definition) is 2. The van der Waals surface area contributed by atoms with E-state index in [0.717, 1.165) is 31.5 Å². The lowest BCUT2D eigenvalue weighted by atomic mass is 10.1. The molecule has 0 aromatic heterocycles. The Morgan fingerprint density at radius 2 is 2.33 bits per heavy atom. The van der Waals surface area contributed by atoms with E-state index in [4.69, 9.17) is 11.6 Å². The number of amides is 1. The summed E-state index contributed by atoms with van der Waals surface area (Å²) in [7, 11) is 0. The van der Waals surface area contributed by atoms with E-state index in [9.17, 15) is 9.90 Å². The van der Waals surface area contributed by atoms with Gasteiger partial charge in [0.1, 0.15) is 5.75 Å². The monoisotopic (exact) mass is 267 g/mol. The number of carbonyl (C=O) groups excluding carboxylic acids is 1. The number of phenols is 1. The van der Waals surface area contributed by atoms with Crippen molar-refractivity contribution in [3.8, 4) is 5.75 Å². The first kappa shape index (κ1) is 13.2. The molecule has 0 radical (unpaired) electrons. The van der Waals surface area contributed by atoms with Crippen LogP contribution < -0.4 is 0 Å². The maximum Gasteiger partial charge on any atom is 0.257 e. The lowest BCUT2D eigenvalue weighted by molar-refractivity contribution is 0.0784. The normalized spacial score (nSPS) is 19.2. The summed E-state index contributed by atoms with van der Waals surface area (Å²) in [6.07, 6.45) is 1.95. The predicted octanol–water partition coefficient (Wildman–Crippen LogP) is 2.79. The minimum absolute atomic E-state index is 0.0702. The molecular formula is C14H18ClNO2. The fourth-order valence-corrected chi connectivity index (χ4v) is 2.71. The van der Waals surface area contributed by atoms with Crippen molar-refractivity contribution in [1.82, 2.24) is 4.90 Å². The molecular weight excluding hydrogens is 250 g/mol. The van der Waals surface area contributed by atoms with Crippen LogP contribution in [0.3, 0.4) is 0 Å². The molecule has 0 spiro atoms. The van der Waals surface area contributed by atoms with Crippen molar-refractivity contribution >= 4 is 17.5 Å². The molecule has 1 aromatic rings. The molecule has 98 valence electrons. The highest BCUT2D eigenvalue weighted by atomic mass is 35.5. The van der Waals surface area contributed by atoms with Crippen LogP contribution in [0.4, 0.5) is 0 Å². The number of nitrogens with zero attached hydrogens (tertiary/aromatic N) is 1. The van der Waals surface area contributed by atoms with Gasteiger partial charge in [-0.3, -0.25) is 4.79 Å². The predicted molar refractivity (Wildman–Crippen MR) is 72.2 cm³/mol. The van der Waals surface area contributed by atoms with Crippen LogP contribution in [0.15, 0.2) is 18.2 Å². The number of aryl methyl sites for hydroxylation is 1. The van der Waals surface area contributed by atoms with Gasteiger partial charge in [0.25, 0.3) is 5.91 Å². The van der Waals surface area contributed by atoms with Crippen LogP contribution in [0.1, 0.15) is 28.8 Å². The summed E-state index contributed by atoms with van der Waals surface area (Å²) in [5.41, 5.74) is 1.35. The van der Waals surface area contributed by atoms with E-state index >= 15 is 0 Å². The zero-order valence-corrected chi connectivity index (χ0v) is 11.3. The number of hydrogen-bond donors (Lipinski definition) is 1. The second kappa shape index (κ2) is 5.61. The van der Waals surface area contributed by atoms with E-state index in [-0.39, 0.29) is 11.7 Å². The molecule has 1 saturated heterocycles. The number of aromatic hydroxyl groups is 1. The maximum absolute atomic E-state index is 12.3. The quantitative estimate of drug-likeness (QED) is 0.856. The second-order valence-electron chi connectivity index (χ2n) is 4.90. The molecule has 1 fully saturated rings. The van der Waals surface area contributed by atoms with Gasteiger partial charge in [0.2, 0.25) is 0 Å². The fraction of sp³-hybridized carbons (Fsp3) is 0.500. The lowest BCUT2D eigenvalue weighted by Gasteiger charge is -2.17. The minimum Gasteiger partial charge on any atom is -0.507 e. The first-order valence-electron chi connectivity index (χ1n) is 6.26. The number of rotatable bonds is 3. The Morgan fingerprint density at radius 1 is 1.56 bits per heavy atom. The number of likely N-dealkylation sites (tertiary alicyclic amines) is 1. The van der Waals surface area contributed by atoms with Gasteiger partial charge in [-0.15, -0.1) is 11.6 Å². The summed E-state index contributed by atoms with van der Waals surface area (Å²) in [6, 6.07) is 5.17. The summed E-state index contributed by atoms with van der Waals surface area (Å²) in [6.45, 7) is 3.40. The fourth-order valence-electron chi connectivity index (χ4n) is 2.40. The average molecular weight is 268 g/mol. The van der Waals surface area contributed by atoms with Gasteiger partial charge in [-0.05, 0) is 43.4 Å². The van der Waals surface area contributed by atoms with Crippen molar-refractivity contribution in [3.05, 3.63) is 29.3 Å². The Labute approximate surface area is 112 Å². The Bertz CT molecular complexity index is 447. The number of alkyl halides is 1. The van der Waals surface area contributed by atoms with E-state index in [2.05, 4.69) is 0 Å². The zero-order chi connectivity index (χ0) is 13.1. The smallest absolute Gasteiger partial charge is 0.257 e. The third kappa shape index (κ3) is 2.78. The van der Waals surface area contributed by atoms with Gasteiger partial charge < -0.3 is 10.0 Å². The molecule has 18 heavy (non-hydrogen) atoms. The molecule has 0 saturated carbocycles. The van der Waals surface area contributed by atoms with Gasteiger partial charge in [-0.25, -0.2) is 0 Å². The standard InChI is InChI=1S/C14H18ClNO2/c1-10-2-3-12(13(17)8-10)14(18)16-7-5-11(9-16)4-6-15/h2-3,8,11,17H,4-7,9H2,1H3. The molecule has 0 aliphatic carbocycles.